The quantitative estimate of drug-likeness (QED) is 0.687. The fourth-order valence-electron chi connectivity index (χ4n) is 1.11. The summed E-state index contributed by atoms with van der Waals surface area (Å²) in [6, 6.07) is 3.70. The standard InChI is InChI=1S/C10H15BO3/c1-3-8-5-6-10(14-4-2)9(7-8)11(12)13/h5-7,12-13H,3-4H2,1-2H3/i1D3,3D2. The summed E-state index contributed by atoms with van der Waals surface area (Å²) in [6.07, 6.45) is -2.58. The first-order chi connectivity index (χ1) is 8.61. The van der Waals surface area contributed by atoms with Crippen LogP contribution in [-0.4, -0.2) is 23.8 Å². The molecule has 0 heterocycles. The number of rotatable bonds is 4. The summed E-state index contributed by atoms with van der Waals surface area (Å²) in [5.41, 5.74) is -0.216. The zero-order valence-electron chi connectivity index (χ0n) is 12.8. The van der Waals surface area contributed by atoms with Crippen molar-refractivity contribution in [2.24, 2.45) is 0 Å². The van der Waals surface area contributed by atoms with Gasteiger partial charge < -0.3 is 14.8 Å². The highest BCUT2D eigenvalue weighted by Gasteiger charge is 2.17. The molecule has 0 amide bonds. The highest BCUT2D eigenvalue weighted by molar-refractivity contribution is 6.59. The van der Waals surface area contributed by atoms with Crippen LogP contribution in [0.15, 0.2) is 18.2 Å². The highest BCUT2D eigenvalue weighted by atomic mass is 16.5. The normalized spacial score (nSPS) is 17.2. The molecule has 3 nitrogen and oxygen atoms in total. The van der Waals surface area contributed by atoms with Gasteiger partial charge in [0.25, 0.3) is 0 Å². The zero-order valence-corrected chi connectivity index (χ0v) is 7.82. The van der Waals surface area contributed by atoms with E-state index < -0.39 is 20.3 Å². The molecule has 0 radical (unpaired) electrons. The van der Waals surface area contributed by atoms with Crippen LogP contribution in [0.25, 0.3) is 0 Å². The van der Waals surface area contributed by atoms with Crippen LogP contribution in [0, 0.1) is 0 Å². The molecule has 0 spiro atoms. The largest absolute Gasteiger partial charge is 0.494 e. The fraction of sp³-hybridized carbons (Fsp3) is 0.400. The number of hydrogen-bond acceptors (Lipinski definition) is 3. The van der Waals surface area contributed by atoms with Crippen LogP contribution in [0.2, 0.25) is 0 Å². The Labute approximate surface area is 91.5 Å². The van der Waals surface area contributed by atoms with Crippen molar-refractivity contribution in [1.82, 2.24) is 0 Å². The molecule has 0 bridgehead atoms. The average Bonchev–Trinajstić information content (AvgIpc) is 2.27. The van der Waals surface area contributed by atoms with Crippen LogP contribution >= 0.6 is 0 Å². The second kappa shape index (κ2) is 5.03. The van der Waals surface area contributed by atoms with E-state index in [1.54, 1.807) is 6.92 Å². The number of benzene rings is 1. The van der Waals surface area contributed by atoms with Gasteiger partial charge in [0.1, 0.15) is 5.75 Å². The Morgan fingerprint density at radius 2 is 2.36 bits per heavy atom. The summed E-state index contributed by atoms with van der Waals surface area (Å²) in [7, 11) is -1.87. The molecule has 0 atom stereocenters. The molecule has 1 aromatic rings. The maximum atomic E-state index is 9.24. The summed E-state index contributed by atoms with van der Waals surface area (Å²) < 4.78 is 42.0. The second-order valence-electron chi connectivity index (χ2n) is 2.68. The molecule has 0 unspecified atom stereocenters. The Balaban J connectivity index is 3.30. The molecule has 0 aliphatic heterocycles. The van der Waals surface area contributed by atoms with E-state index in [1.807, 2.05) is 0 Å². The molecule has 1 aromatic carbocycles. The minimum atomic E-state index is -2.85. The van der Waals surface area contributed by atoms with E-state index in [1.165, 1.54) is 12.1 Å². The van der Waals surface area contributed by atoms with Gasteiger partial charge in [0.15, 0.2) is 0 Å². The van der Waals surface area contributed by atoms with E-state index in [0.717, 1.165) is 6.07 Å². The van der Waals surface area contributed by atoms with Gasteiger partial charge in [-0.25, -0.2) is 0 Å². The first kappa shape index (κ1) is 5.78. The number of ether oxygens (including phenoxy) is 1. The van der Waals surface area contributed by atoms with Gasteiger partial charge in [-0.1, -0.05) is 19.0 Å². The molecule has 0 aliphatic rings. The first-order valence-corrected chi connectivity index (χ1v) is 4.24. The van der Waals surface area contributed by atoms with Gasteiger partial charge in [-0.3, -0.25) is 0 Å². The molecule has 0 saturated carbocycles. The zero-order chi connectivity index (χ0) is 14.8. The smallest absolute Gasteiger partial charge is 0.492 e. The van der Waals surface area contributed by atoms with Gasteiger partial charge in [-0.15, -0.1) is 0 Å². The Kier molecular flexibility index (Phi) is 2.08. The highest BCUT2D eigenvalue weighted by Crippen LogP contribution is 2.10. The number of aryl methyl sites for hydroxylation is 1. The SMILES string of the molecule is [2H]C([2H])([2H])C([2H])([2H])c1ccc(OCC)c(B(O)O)c1. The Morgan fingerprint density at radius 3 is 2.93 bits per heavy atom. The topological polar surface area (TPSA) is 49.7 Å². The van der Waals surface area contributed by atoms with Crippen molar-refractivity contribution in [2.75, 3.05) is 6.61 Å². The molecule has 1 rings (SSSR count). The molecule has 2 N–H and O–H groups in total. The lowest BCUT2D eigenvalue weighted by atomic mass is 9.78. The third-order valence-electron chi connectivity index (χ3n) is 1.73. The van der Waals surface area contributed by atoms with E-state index in [9.17, 15) is 10.0 Å². The molecular weight excluding hydrogens is 179 g/mol. The van der Waals surface area contributed by atoms with E-state index in [4.69, 9.17) is 11.6 Å². The second-order valence-corrected chi connectivity index (χ2v) is 2.68. The van der Waals surface area contributed by atoms with Crippen molar-refractivity contribution in [3.8, 4) is 5.75 Å². The summed E-state index contributed by atoms with van der Waals surface area (Å²) in [6.45, 7) is -0.841. The molecule has 0 fully saturated rings. The van der Waals surface area contributed by atoms with Gasteiger partial charge in [-0.2, -0.15) is 0 Å². The summed E-state index contributed by atoms with van der Waals surface area (Å²) in [5.74, 6) is 0.183. The Hall–Kier alpha value is -0.995. The van der Waals surface area contributed by atoms with Crippen LogP contribution in [0.3, 0.4) is 0 Å². The van der Waals surface area contributed by atoms with Crippen LogP contribution < -0.4 is 10.2 Å². The maximum absolute atomic E-state index is 9.24. The van der Waals surface area contributed by atoms with Gasteiger partial charge >= 0.3 is 7.12 Å². The van der Waals surface area contributed by atoms with Crippen LogP contribution in [0.5, 0.6) is 5.75 Å². The van der Waals surface area contributed by atoms with E-state index in [0.29, 0.717) is 6.61 Å². The average molecular weight is 199 g/mol. The molecule has 0 saturated heterocycles. The van der Waals surface area contributed by atoms with E-state index >= 15 is 0 Å². The maximum Gasteiger partial charge on any atom is 0.492 e. The van der Waals surface area contributed by atoms with E-state index in [-0.39, 0.29) is 16.8 Å². The van der Waals surface area contributed by atoms with Gasteiger partial charge in [-0.05, 0) is 24.9 Å². The summed E-state index contributed by atoms with van der Waals surface area (Å²) in [5, 5.41) is 18.5. The molecule has 4 heteroatoms. The van der Waals surface area contributed by atoms with Crippen molar-refractivity contribution in [3.63, 3.8) is 0 Å². The fourth-order valence-corrected chi connectivity index (χ4v) is 1.11. The van der Waals surface area contributed by atoms with Gasteiger partial charge in [0, 0.05) is 12.3 Å². The third-order valence-corrected chi connectivity index (χ3v) is 1.73. The predicted molar refractivity (Wildman–Crippen MR) is 56.8 cm³/mol. The lowest BCUT2D eigenvalue weighted by molar-refractivity contribution is 0.340. The van der Waals surface area contributed by atoms with Crippen molar-refractivity contribution in [1.29, 1.82) is 0 Å². The third kappa shape index (κ3) is 2.50. The Bertz CT molecular complexity index is 447. The minimum absolute atomic E-state index is 0.0625. The van der Waals surface area contributed by atoms with Gasteiger partial charge in [0.2, 0.25) is 0 Å². The molecule has 14 heavy (non-hydrogen) atoms. The van der Waals surface area contributed by atoms with Crippen LogP contribution in [0.1, 0.15) is 26.2 Å². The Morgan fingerprint density at radius 1 is 1.57 bits per heavy atom. The predicted octanol–water partition coefficient (Wildman–Crippen LogP) is 0.327. The van der Waals surface area contributed by atoms with Crippen molar-refractivity contribution >= 4 is 12.6 Å². The van der Waals surface area contributed by atoms with Crippen LogP contribution in [-0.2, 0) is 6.37 Å². The first-order valence-electron chi connectivity index (χ1n) is 6.74. The molecule has 0 aromatic heterocycles. The van der Waals surface area contributed by atoms with Crippen molar-refractivity contribution < 1.29 is 21.6 Å². The molecular formula is C10H15BO3. The van der Waals surface area contributed by atoms with Crippen LogP contribution in [0.4, 0.5) is 0 Å². The minimum Gasteiger partial charge on any atom is -0.494 e. The number of hydrogen-bond donors (Lipinski definition) is 2. The summed E-state index contributed by atoms with van der Waals surface area (Å²) >= 11 is 0. The van der Waals surface area contributed by atoms with Crippen molar-refractivity contribution in [3.05, 3.63) is 23.8 Å². The molecule has 0 aliphatic carbocycles. The molecule has 76 valence electrons. The monoisotopic (exact) mass is 199 g/mol. The van der Waals surface area contributed by atoms with E-state index in [2.05, 4.69) is 0 Å². The van der Waals surface area contributed by atoms with Crippen molar-refractivity contribution in [2.45, 2.75) is 20.1 Å². The lowest BCUT2D eigenvalue weighted by Gasteiger charge is -2.10. The summed E-state index contributed by atoms with van der Waals surface area (Å²) in [4.78, 5) is 0. The lowest BCUT2D eigenvalue weighted by Crippen LogP contribution is -2.31. The van der Waals surface area contributed by atoms with Gasteiger partial charge in [0.05, 0.1) is 6.61 Å².